The van der Waals surface area contributed by atoms with E-state index in [1.165, 1.54) is 23.3 Å². The summed E-state index contributed by atoms with van der Waals surface area (Å²) in [5.74, 6) is 0. The summed E-state index contributed by atoms with van der Waals surface area (Å²) in [5, 5.41) is 13.9. The van der Waals surface area contributed by atoms with Crippen LogP contribution in [0.2, 0.25) is 0 Å². The van der Waals surface area contributed by atoms with Crippen LogP contribution in [0.15, 0.2) is 42.5 Å². The topological polar surface area (TPSA) is 55.2 Å². The lowest BCUT2D eigenvalue weighted by Crippen LogP contribution is -2.00. The fraction of sp³-hybridized carbons (Fsp3) is 0.200. The average Bonchev–Trinajstić information content (AvgIpc) is 2.40. The number of nitro benzene ring substituents is 1. The molecule has 0 fully saturated rings. The summed E-state index contributed by atoms with van der Waals surface area (Å²) in [6.45, 7) is 4.81. The molecule has 0 aromatic heterocycles. The number of anilines is 1. The molecule has 0 saturated carbocycles. The fourth-order valence-corrected chi connectivity index (χ4v) is 1.79. The zero-order valence-electron chi connectivity index (χ0n) is 11.0. The molecular formula is C15H16N2O2. The lowest BCUT2D eigenvalue weighted by atomic mass is 10.1. The van der Waals surface area contributed by atoms with Crippen LogP contribution in [0.3, 0.4) is 0 Å². The van der Waals surface area contributed by atoms with Gasteiger partial charge < -0.3 is 5.32 Å². The van der Waals surface area contributed by atoms with Crippen molar-refractivity contribution in [2.45, 2.75) is 20.4 Å². The Morgan fingerprint density at radius 1 is 1.05 bits per heavy atom. The van der Waals surface area contributed by atoms with Crippen LogP contribution in [-0.4, -0.2) is 4.92 Å². The van der Waals surface area contributed by atoms with Gasteiger partial charge >= 0.3 is 0 Å². The highest BCUT2D eigenvalue weighted by Crippen LogP contribution is 2.16. The molecule has 2 aromatic carbocycles. The Bertz CT molecular complexity index is 592. The van der Waals surface area contributed by atoms with E-state index in [1.54, 1.807) is 12.1 Å². The number of aryl methyl sites for hydroxylation is 2. The van der Waals surface area contributed by atoms with Crippen molar-refractivity contribution in [1.82, 2.24) is 0 Å². The normalized spacial score (nSPS) is 10.2. The third-order valence-electron chi connectivity index (χ3n) is 3.15. The van der Waals surface area contributed by atoms with Crippen LogP contribution in [0.25, 0.3) is 0 Å². The van der Waals surface area contributed by atoms with Gasteiger partial charge in [-0.1, -0.05) is 18.2 Å². The molecule has 1 N–H and O–H groups in total. The van der Waals surface area contributed by atoms with E-state index in [4.69, 9.17) is 0 Å². The maximum absolute atomic E-state index is 10.6. The zero-order chi connectivity index (χ0) is 13.8. The van der Waals surface area contributed by atoms with Crippen molar-refractivity contribution in [3.8, 4) is 0 Å². The fourth-order valence-electron chi connectivity index (χ4n) is 1.79. The first kappa shape index (κ1) is 13.1. The predicted octanol–water partition coefficient (Wildman–Crippen LogP) is 3.82. The van der Waals surface area contributed by atoms with Crippen molar-refractivity contribution in [3.05, 3.63) is 69.3 Å². The van der Waals surface area contributed by atoms with Crippen LogP contribution in [0.4, 0.5) is 11.4 Å². The van der Waals surface area contributed by atoms with Gasteiger partial charge in [0.05, 0.1) is 4.92 Å². The highest BCUT2D eigenvalue weighted by molar-refractivity contribution is 5.48. The second kappa shape index (κ2) is 5.52. The number of hydrogen-bond donors (Lipinski definition) is 1. The summed E-state index contributed by atoms with van der Waals surface area (Å²) in [6, 6.07) is 12.8. The Labute approximate surface area is 112 Å². The standard InChI is InChI=1S/C15H16N2O2/c1-11-3-6-14(9-12(11)2)16-10-13-4-7-15(8-5-13)17(18)19/h3-9,16H,10H2,1-2H3. The molecule has 4 heteroatoms. The minimum atomic E-state index is -0.388. The van der Waals surface area contributed by atoms with Gasteiger partial charge in [0, 0.05) is 24.4 Å². The van der Waals surface area contributed by atoms with Crippen LogP contribution >= 0.6 is 0 Å². The molecule has 4 nitrogen and oxygen atoms in total. The van der Waals surface area contributed by atoms with Crippen molar-refractivity contribution in [2.24, 2.45) is 0 Å². The van der Waals surface area contributed by atoms with E-state index in [0.717, 1.165) is 11.3 Å². The molecular weight excluding hydrogens is 240 g/mol. The molecule has 0 bridgehead atoms. The largest absolute Gasteiger partial charge is 0.381 e. The van der Waals surface area contributed by atoms with Crippen molar-refractivity contribution in [2.75, 3.05) is 5.32 Å². The van der Waals surface area contributed by atoms with Crippen molar-refractivity contribution < 1.29 is 4.92 Å². The Morgan fingerprint density at radius 3 is 2.32 bits per heavy atom. The van der Waals surface area contributed by atoms with Gasteiger partial charge in [-0.15, -0.1) is 0 Å². The predicted molar refractivity (Wildman–Crippen MR) is 76.3 cm³/mol. The van der Waals surface area contributed by atoms with Gasteiger partial charge in [0.1, 0.15) is 0 Å². The van der Waals surface area contributed by atoms with E-state index in [0.29, 0.717) is 6.54 Å². The molecule has 19 heavy (non-hydrogen) atoms. The first-order chi connectivity index (χ1) is 9.06. The second-order valence-electron chi connectivity index (χ2n) is 4.58. The molecule has 0 saturated heterocycles. The second-order valence-corrected chi connectivity index (χ2v) is 4.58. The molecule has 2 rings (SSSR count). The highest BCUT2D eigenvalue weighted by Gasteiger charge is 2.03. The molecule has 0 heterocycles. The first-order valence-corrected chi connectivity index (χ1v) is 6.11. The molecule has 0 aliphatic rings. The molecule has 0 aliphatic heterocycles. The lowest BCUT2D eigenvalue weighted by Gasteiger charge is -2.08. The maximum atomic E-state index is 10.6. The number of hydrogen-bond acceptors (Lipinski definition) is 3. The number of benzene rings is 2. The molecule has 0 spiro atoms. The van der Waals surface area contributed by atoms with E-state index in [9.17, 15) is 10.1 Å². The minimum absolute atomic E-state index is 0.120. The van der Waals surface area contributed by atoms with Gasteiger partial charge in [-0.3, -0.25) is 10.1 Å². The molecule has 98 valence electrons. The third-order valence-corrected chi connectivity index (χ3v) is 3.15. The van der Waals surface area contributed by atoms with Gasteiger partial charge in [-0.05, 0) is 42.7 Å². The number of nitrogens with zero attached hydrogens (tertiary/aromatic N) is 1. The summed E-state index contributed by atoms with van der Waals surface area (Å²) in [6.07, 6.45) is 0. The summed E-state index contributed by atoms with van der Waals surface area (Å²) in [7, 11) is 0. The van der Waals surface area contributed by atoms with E-state index in [2.05, 4.69) is 31.3 Å². The van der Waals surface area contributed by atoms with E-state index in [-0.39, 0.29) is 10.6 Å². The Hall–Kier alpha value is -2.36. The molecule has 0 radical (unpaired) electrons. The van der Waals surface area contributed by atoms with Crippen molar-refractivity contribution in [1.29, 1.82) is 0 Å². The molecule has 0 unspecified atom stereocenters. The Kier molecular flexibility index (Phi) is 3.80. The molecule has 0 aliphatic carbocycles. The van der Waals surface area contributed by atoms with E-state index in [1.807, 2.05) is 6.07 Å². The Balaban J connectivity index is 2.01. The number of non-ortho nitro benzene ring substituents is 1. The van der Waals surface area contributed by atoms with Crippen LogP contribution in [-0.2, 0) is 6.54 Å². The molecule has 0 atom stereocenters. The third kappa shape index (κ3) is 3.31. The van der Waals surface area contributed by atoms with Crippen LogP contribution in [0.5, 0.6) is 0 Å². The van der Waals surface area contributed by atoms with Crippen LogP contribution in [0, 0.1) is 24.0 Å². The van der Waals surface area contributed by atoms with Gasteiger partial charge in [0.25, 0.3) is 5.69 Å². The zero-order valence-corrected chi connectivity index (χ0v) is 11.0. The minimum Gasteiger partial charge on any atom is -0.381 e. The van der Waals surface area contributed by atoms with Crippen molar-refractivity contribution in [3.63, 3.8) is 0 Å². The number of nitro groups is 1. The quantitative estimate of drug-likeness (QED) is 0.668. The number of rotatable bonds is 4. The monoisotopic (exact) mass is 256 g/mol. The summed E-state index contributed by atoms with van der Waals surface area (Å²) in [4.78, 5) is 10.2. The van der Waals surface area contributed by atoms with E-state index >= 15 is 0 Å². The van der Waals surface area contributed by atoms with Crippen LogP contribution in [0.1, 0.15) is 16.7 Å². The van der Waals surface area contributed by atoms with Crippen LogP contribution < -0.4 is 5.32 Å². The maximum Gasteiger partial charge on any atom is 0.269 e. The van der Waals surface area contributed by atoms with Gasteiger partial charge in [0.15, 0.2) is 0 Å². The lowest BCUT2D eigenvalue weighted by molar-refractivity contribution is -0.384. The van der Waals surface area contributed by atoms with Gasteiger partial charge in [0.2, 0.25) is 0 Å². The molecule has 2 aromatic rings. The highest BCUT2D eigenvalue weighted by atomic mass is 16.6. The van der Waals surface area contributed by atoms with Crippen molar-refractivity contribution >= 4 is 11.4 Å². The molecule has 0 amide bonds. The van der Waals surface area contributed by atoms with Gasteiger partial charge in [-0.25, -0.2) is 0 Å². The smallest absolute Gasteiger partial charge is 0.269 e. The van der Waals surface area contributed by atoms with Gasteiger partial charge in [-0.2, -0.15) is 0 Å². The van der Waals surface area contributed by atoms with E-state index < -0.39 is 0 Å². The summed E-state index contributed by atoms with van der Waals surface area (Å²) < 4.78 is 0. The summed E-state index contributed by atoms with van der Waals surface area (Å²) in [5.41, 5.74) is 4.70. The first-order valence-electron chi connectivity index (χ1n) is 6.11. The summed E-state index contributed by atoms with van der Waals surface area (Å²) >= 11 is 0. The SMILES string of the molecule is Cc1ccc(NCc2ccc([N+](=O)[O-])cc2)cc1C. The average molecular weight is 256 g/mol. The number of nitrogens with one attached hydrogen (secondary N) is 1. The Morgan fingerprint density at radius 2 is 1.74 bits per heavy atom.